The number of amides is 3. The van der Waals surface area contributed by atoms with Crippen LogP contribution >= 0.6 is 0 Å². The molecular weight excluding hydrogens is 536 g/mol. The van der Waals surface area contributed by atoms with E-state index in [1.165, 1.54) is 0 Å². The largest absolute Gasteiger partial charge is 0.396 e. The molecule has 1 spiro atoms. The maximum atomic E-state index is 14.5. The molecule has 3 fully saturated rings. The van der Waals surface area contributed by atoms with Crippen molar-refractivity contribution in [1.82, 2.24) is 14.7 Å². The fraction of sp³-hybridized carbons (Fsp3) is 0.594. The van der Waals surface area contributed by atoms with Gasteiger partial charge in [-0.15, -0.1) is 0 Å². The number of hydrogen-bond donors (Lipinski definition) is 1. The zero-order valence-corrected chi connectivity index (χ0v) is 24.4. The molecule has 0 bridgehead atoms. The minimum Gasteiger partial charge on any atom is -0.396 e. The molecule has 0 saturated carbocycles. The fourth-order valence-corrected chi connectivity index (χ4v) is 7.57. The normalized spacial score (nSPS) is 33.0. The highest BCUT2D eigenvalue weighted by molar-refractivity contribution is 6.04. The summed E-state index contributed by atoms with van der Waals surface area (Å²) in [5, 5.41) is 9.47. The molecular formula is C32H42N4O6. The second-order valence-corrected chi connectivity index (χ2v) is 11.9. The van der Waals surface area contributed by atoms with E-state index in [0.29, 0.717) is 58.7 Å². The van der Waals surface area contributed by atoms with Crippen LogP contribution in [0.1, 0.15) is 26.2 Å². The summed E-state index contributed by atoms with van der Waals surface area (Å²) in [4.78, 5) is 50.9. The Morgan fingerprint density at radius 2 is 1.64 bits per heavy atom. The van der Waals surface area contributed by atoms with Crippen molar-refractivity contribution < 1.29 is 29.0 Å². The van der Waals surface area contributed by atoms with Gasteiger partial charge >= 0.3 is 0 Å². The van der Waals surface area contributed by atoms with Crippen molar-refractivity contribution in [1.29, 1.82) is 0 Å². The molecule has 5 heterocycles. The molecule has 5 aliphatic rings. The van der Waals surface area contributed by atoms with Crippen molar-refractivity contribution in [2.75, 3.05) is 70.5 Å². The highest BCUT2D eigenvalue weighted by Gasteiger charge is 2.75. The predicted octanol–water partition coefficient (Wildman–Crippen LogP) is 1.45. The van der Waals surface area contributed by atoms with Gasteiger partial charge < -0.3 is 29.3 Å². The van der Waals surface area contributed by atoms with E-state index in [9.17, 15) is 19.5 Å². The van der Waals surface area contributed by atoms with Gasteiger partial charge in [0.15, 0.2) is 0 Å². The first-order valence-electron chi connectivity index (χ1n) is 15.4. The number of unbranched alkanes of at least 4 members (excludes halogenated alkanes) is 1. The van der Waals surface area contributed by atoms with Crippen LogP contribution in [0, 0.1) is 11.8 Å². The monoisotopic (exact) mass is 578 g/mol. The summed E-state index contributed by atoms with van der Waals surface area (Å²) in [7, 11) is 0. The third-order valence-corrected chi connectivity index (χ3v) is 9.69. The molecule has 1 N–H and O–H groups in total. The Morgan fingerprint density at radius 3 is 2.38 bits per heavy atom. The number of fused-ring (bicyclic) bond motifs is 2. The summed E-state index contributed by atoms with van der Waals surface area (Å²) in [5.74, 6) is -2.14. The molecule has 10 nitrogen and oxygen atoms in total. The topological polar surface area (TPSA) is 103 Å². The number of carbonyl (C=O) groups excluding carboxylic acids is 3. The third kappa shape index (κ3) is 4.78. The maximum Gasteiger partial charge on any atom is 0.249 e. The molecule has 5 aliphatic heterocycles. The molecule has 3 amide bonds. The molecule has 3 saturated heterocycles. The standard InChI is InChI=1S/C32H42N4O6/c1-2-31-12-8-16-35(24-10-4-3-5-11-24)28(38)25(31)26-29(39)36(15-6-7-21-37)27-30(40)34(14-9-13-32(26,27)42-31)18-17-33-19-22-41-23-20-33/h3-5,8-13,25-27,37H,2,6-7,14-23H2,1H3/t25-,26-,27?,31+,32-/m0/s1. The van der Waals surface area contributed by atoms with Crippen LogP contribution in [0.4, 0.5) is 5.69 Å². The van der Waals surface area contributed by atoms with E-state index in [2.05, 4.69) is 4.90 Å². The highest BCUT2D eigenvalue weighted by Crippen LogP contribution is 2.58. The summed E-state index contributed by atoms with van der Waals surface area (Å²) < 4.78 is 12.5. The van der Waals surface area contributed by atoms with Crippen molar-refractivity contribution in [2.24, 2.45) is 11.8 Å². The van der Waals surface area contributed by atoms with Crippen molar-refractivity contribution in [2.45, 2.75) is 43.4 Å². The van der Waals surface area contributed by atoms with Crippen LogP contribution in [0.2, 0.25) is 0 Å². The predicted molar refractivity (Wildman–Crippen MR) is 157 cm³/mol. The van der Waals surface area contributed by atoms with Crippen LogP contribution in [0.25, 0.3) is 0 Å². The van der Waals surface area contributed by atoms with E-state index in [1.807, 2.05) is 66.5 Å². The number of carbonyl (C=O) groups is 3. The van der Waals surface area contributed by atoms with E-state index in [0.717, 1.165) is 25.3 Å². The fourth-order valence-electron chi connectivity index (χ4n) is 7.57. The van der Waals surface area contributed by atoms with Gasteiger partial charge in [-0.2, -0.15) is 0 Å². The number of aliphatic hydroxyl groups excluding tert-OH is 1. The number of likely N-dealkylation sites (tertiary alicyclic amines) is 1. The Balaban J connectivity index is 1.38. The van der Waals surface area contributed by atoms with Gasteiger partial charge in [-0.25, -0.2) is 0 Å². The molecule has 5 atom stereocenters. The van der Waals surface area contributed by atoms with Crippen molar-refractivity contribution in [3.63, 3.8) is 0 Å². The zero-order valence-electron chi connectivity index (χ0n) is 24.4. The third-order valence-electron chi connectivity index (χ3n) is 9.69. The average Bonchev–Trinajstić information content (AvgIpc) is 3.30. The molecule has 10 heteroatoms. The molecule has 226 valence electrons. The van der Waals surface area contributed by atoms with Crippen LogP contribution in [-0.2, 0) is 23.9 Å². The second-order valence-electron chi connectivity index (χ2n) is 11.9. The number of anilines is 1. The number of benzene rings is 1. The first-order valence-corrected chi connectivity index (χ1v) is 15.4. The molecule has 42 heavy (non-hydrogen) atoms. The van der Waals surface area contributed by atoms with Gasteiger partial charge in [-0.1, -0.05) is 49.4 Å². The summed E-state index contributed by atoms with van der Waals surface area (Å²) in [6.45, 7) is 7.39. The molecule has 1 aromatic carbocycles. The number of rotatable bonds is 9. The lowest BCUT2D eigenvalue weighted by Crippen LogP contribution is -2.57. The first-order chi connectivity index (χ1) is 20.5. The van der Waals surface area contributed by atoms with Gasteiger partial charge in [-0.3, -0.25) is 19.3 Å². The van der Waals surface area contributed by atoms with Crippen LogP contribution in [0.3, 0.4) is 0 Å². The van der Waals surface area contributed by atoms with Gasteiger partial charge in [0.25, 0.3) is 0 Å². The average molecular weight is 579 g/mol. The Hall–Kier alpha value is -3.05. The SMILES string of the molecule is CC[C@@]12C=CCN(c3ccccc3)C(=O)[C@@H]1[C@H]1C(=O)N(CCCCO)C3C(=O)N(CCN4CCOCC4)CC=C[C@@]31O2. The Kier molecular flexibility index (Phi) is 8.24. The van der Waals surface area contributed by atoms with E-state index in [1.54, 1.807) is 9.80 Å². The molecule has 0 aromatic heterocycles. The number of hydrogen-bond acceptors (Lipinski definition) is 7. The lowest BCUT2D eigenvalue weighted by atomic mass is 9.73. The van der Waals surface area contributed by atoms with Crippen LogP contribution in [-0.4, -0.2) is 120 Å². The number of nitrogens with zero attached hydrogens (tertiary/aromatic N) is 4. The Bertz CT molecular complexity index is 1230. The van der Waals surface area contributed by atoms with Gasteiger partial charge in [0.05, 0.1) is 30.7 Å². The molecule has 1 aromatic rings. The van der Waals surface area contributed by atoms with E-state index >= 15 is 0 Å². The molecule has 1 unspecified atom stereocenters. The van der Waals surface area contributed by atoms with E-state index in [-0.39, 0.29) is 24.3 Å². The van der Waals surface area contributed by atoms with Gasteiger partial charge in [0.2, 0.25) is 17.7 Å². The maximum absolute atomic E-state index is 14.5. The van der Waals surface area contributed by atoms with Crippen molar-refractivity contribution in [3.05, 3.63) is 54.6 Å². The van der Waals surface area contributed by atoms with Crippen LogP contribution in [0.5, 0.6) is 0 Å². The summed E-state index contributed by atoms with van der Waals surface area (Å²) in [6.07, 6.45) is 9.36. The lowest BCUT2D eigenvalue weighted by molar-refractivity contribution is -0.152. The number of para-hydroxylation sites is 1. The lowest BCUT2D eigenvalue weighted by Gasteiger charge is -2.39. The van der Waals surface area contributed by atoms with Crippen LogP contribution < -0.4 is 4.90 Å². The Labute approximate surface area is 247 Å². The highest BCUT2D eigenvalue weighted by atomic mass is 16.5. The quantitative estimate of drug-likeness (QED) is 0.350. The zero-order chi connectivity index (χ0) is 29.3. The minimum atomic E-state index is -1.26. The van der Waals surface area contributed by atoms with E-state index in [4.69, 9.17) is 9.47 Å². The smallest absolute Gasteiger partial charge is 0.249 e. The molecule has 6 rings (SSSR count). The summed E-state index contributed by atoms with van der Waals surface area (Å²) in [5.41, 5.74) is -1.51. The summed E-state index contributed by atoms with van der Waals surface area (Å²) in [6, 6.07) is 8.63. The minimum absolute atomic E-state index is 0.00811. The van der Waals surface area contributed by atoms with Gasteiger partial charge in [0, 0.05) is 58.1 Å². The first kappa shape index (κ1) is 29.0. The van der Waals surface area contributed by atoms with E-state index < -0.39 is 29.1 Å². The van der Waals surface area contributed by atoms with Crippen molar-refractivity contribution in [3.8, 4) is 0 Å². The van der Waals surface area contributed by atoms with Crippen molar-refractivity contribution >= 4 is 23.4 Å². The molecule has 0 aliphatic carbocycles. The number of aliphatic hydroxyl groups is 1. The van der Waals surface area contributed by atoms with Gasteiger partial charge in [0.1, 0.15) is 11.6 Å². The number of ether oxygens (including phenoxy) is 2. The summed E-state index contributed by atoms with van der Waals surface area (Å²) >= 11 is 0. The number of morpholine rings is 1. The Morgan fingerprint density at radius 1 is 0.881 bits per heavy atom. The second kappa shape index (κ2) is 11.9. The van der Waals surface area contributed by atoms with Crippen LogP contribution in [0.15, 0.2) is 54.6 Å². The molecule has 0 radical (unpaired) electrons. The van der Waals surface area contributed by atoms with Gasteiger partial charge in [-0.05, 0) is 31.4 Å².